The number of pyridine rings is 3. The second-order valence-electron chi connectivity index (χ2n) is 10.2. The maximum absolute atomic E-state index is 13.5. The van der Waals surface area contributed by atoms with Gasteiger partial charge in [0.15, 0.2) is 22.7 Å². The number of fused-ring (bicyclic) bond motifs is 1. The Morgan fingerprint density at radius 2 is 1.67 bits per heavy atom. The SMILES string of the molecule is COc1cc2nccc(Oc3ccc(CC(=O)c4cn(CC(C)C)cc(-c5ccc(F)cc5)c4=O)nc3)c2cc1OC. The van der Waals surface area contributed by atoms with Crippen LogP contribution in [0.3, 0.4) is 0 Å². The lowest BCUT2D eigenvalue weighted by atomic mass is 10.0. The van der Waals surface area contributed by atoms with Gasteiger partial charge in [0.05, 0.1) is 37.9 Å². The van der Waals surface area contributed by atoms with Crippen LogP contribution in [0.5, 0.6) is 23.0 Å². The van der Waals surface area contributed by atoms with E-state index in [0.717, 1.165) is 5.39 Å². The van der Waals surface area contributed by atoms with Crippen molar-refractivity contribution in [3.8, 4) is 34.1 Å². The van der Waals surface area contributed by atoms with Crippen molar-refractivity contribution in [3.05, 3.63) is 107 Å². The first-order valence-electron chi connectivity index (χ1n) is 13.4. The third-order valence-electron chi connectivity index (χ3n) is 6.68. The van der Waals surface area contributed by atoms with Crippen LogP contribution in [-0.4, -0.2) is 34.5 Å². The molecular formula is C33H30FN3O5. The monoisotopic (exact) mass is 567 g/mol. The number of carbonyl (C=O) groups excluding carboxylic acids is 1. The molecule has 0 fully saturated rings. The number of ketones is 1. The zero-order chi connectivity index (χ0) is 29.8. The molecule has 2 aromatic carbocycles. The molecule has 5 rings (SSSR count). The quantitative estimate of drug-likeness (QED) is 0.178. The number of benzene rings is 2. The first-order valence-corrected chi connectivity index (χ1v) is 13.4. The van der Waals surface area contributed by atoms with Gasteiger partial charge in [-0.05, 0) is 47.9 Å². The molecule has 8 nitrogen and oxygen atoms in total. The van der Waals surface area contributed by atoms with Gasteiger partial charge in [-0.25, -0.2) is 4.39 Å². The highest BCUT2D eigenvalue weighted by atomic mass is 19.1. The summed E-state index contributed by atoms with van der Waals surface area (Å²) >= 11 is 0. The molecule has 0 aliphatic rings. The number of Topliss-reactive ketones (excluding diaryl/α,β-unsaturated/α-hetero) is 1. The van der Waals surface area contributed by atoms with E-state index in [4.69, 9.17) is 14.2 Å². The highest BCUT2D eigenvalue weighted by Crippen LogP contribution is 2.36. The summed E-state index contributed by atoms with van der Waals surface area (Å²) in [4.78, 5) is 35.6. The van der Waals surface area contributed by atoms with Crippen molar-refractivity contribution in [3.63, 3.8) is 0 Å². The summed E-state index contributed by atoms with van der Waals surface area (Å²) in [6, 6.07) is 14.4. The Hall–Kier alpha value is -5.05. The smallest absolute Gasteiger partial charge is 0.200 e. The van der Waals surface area contributed by atoms with Crippen LogP contribution in [0.2, 0.25) is 0 Å². The molecule has 214 valence electrons. The van der Waals surface area contributed by atoms with Crippen LogP contribution in [0.4, 0.5) is 4.39 Å². The molecule has 0 amide bonds. The predicted octanol–water partition coefficient (Wildman–Crippen LogP) is 6.49. The summed E-state index contributed by atoms with van der Waals surface area (Å²) in [5.74, 6) is 1.65. The Kier molecular flexibility index (Phi) is 8.28. The van der Waals surface area contributed by atoms with E-state index in [1.165, 1.54) is 18.3 Å². The molecule has 0 saturated heterocycles. The van der Waals surface area contributed by atoms with Crippen molar-refractivity contribution in [2.24, 2.45) is 5.92 Å². The van der Waals surface area contributed by atoms with Gasteiger partial charge in [0.1, 0.15) is 17.3 Å². The van der Waals surface area contributed by atoms with Gasteiger partial charge in [0.2, 0.25) is 0 Å². The highest BCUT2D eigenvalue weighted by molar-refractivity contribution is 5.98. The Bertz CT molecular complexity index is 1800. The van der Waals surface area contributed by atoms with Crippen LogP contribution >= 0.6 is 0 Å². The third kappa shape index (κ3) is 6.15. The zero-order valence-electron chi connectivity index (χ0n) is 23.8. The number of ether oxygens (including phenoxy) is 3. The number of nitrogens with zero attached hydrogens (tertiary/aromatic N) is 3. The van der Waals surface area contributed by atoms with E-state index in [9.17, 15) is 14.0 Å². The van der Waals surface area contributed by atoms with Gasteiger partial charge < -0.3 is 18.8 Å². The summed E-state index contributed by atoms with van der Waals surface area (Å²) in [5.41, 5.74) is 1.71. The molecule has 3 heterocycles. The van der Waals surface area contributed by atoms with Crippen LogP contribution in [0, 0.1) is 11.7 Å². The number of rotatable bonds is 10. The standard InChI is InChI=1S/C33H30FN3O5/c1-20(2)17-37-18-26(21-5-7-22(34)8-6-21)33(39)27(19-37)29(38)13-23-9-10-24(16-36-23)42-30-11-12-35-28-15-32(41-4)31(40-3)14-25(28)30/h5-12,14-16,18-20H,13,17H2,1-4H3. The summed E-state index contributed by atoms with van der Waals surface area (Å²) in [7, 11) is 3.12. The summed E-state index contributed by atoms with van der Waals surface area (Å²) in [6.45, 7) is 4.71. The highest BCUT2D eigenvalue weighted by Gasteiger charge is 2.18. The minimum Gasteiger partial charge on any atom is -0.493 e. The molecule has 0 saturated carbocycles. The fraction of sp³-hybridized carbons (Fsp3) is 0.212. The first-order chi connectivity index (χ1) is 20.2. The van der Waals surface area contributed by atoms with Crippen molar-refractivity contribution >= 4 is 16.7 Å². The van der Waals surface area contributed by atoms with Gasteiger partial charge >= 0.3 is 0 Å². The summed E-state index contributed by atoms with van der Waals surface area (Å²) in [6.07, 6.45) is 6.40. The number of carbonyl (C=O) groups is 1. The molecule has 3 aromatic heterocycles. The molecule has 0 aliphatic carbocycles. The summed E-state index contributed by atoms with van der Waals surface area (Å²) in [5, 5.41) is 0.730. The first kappa shape index (κ1) is 28.5. The fourth-order valence-corrected chi connectivity index (χ4v) is 4.69. The molecule has 0 aliphatic heterocycles. The van der Waals surface area contributed by atoms with Gasteiger partial charge in [-0.15, -0.1) is 0 Å². The third-order valence-corrected chi connectivity index (χ3v) is 6.68. The number of methoxy groups -OCH3 is 2. The Morgan fingerprint density at radius 1 is 0.929 bits per heavy atom. The second kappa shape index (κ2) is 12.2. The minimum absolute atomic E-state index is 0.0623. The topological polar surface area (TPSA) is 92.5 Å². The van der Waals surface area contributed by atoms with Crippen molar-refractivity contribution in [1.29, 1.82) is 0 Å². The van der Waals surface area contributed by atoms with Gasteiger partial charge in [-0.2, -0.15) is 0 Å². The van der Waals surface area contributed by atoms with Crippen LogP contribution in [0.15, 0.2) is 84.2 Å². The number of aromatic nitrogens is 3. The van der Waals surface area contributed by atoms with Gasteiger partial charge in [-0.1, -0.05) is 26.0 Å². The zero-order valence-corrected chi connectivity index (χ0v) is 23.8. The van der Waals surface area contributed by atoms with E-state index in [0.29, 0.717) is 51.9 Å². The van der Waals surface area contributed by atoms with Gasteiger partial charge in [0, 0.05) is 47.8 Å². The average molecular weight is 568 g/mol. The van der Waals surface area contributed by atoms with E-state index in [2.05, 4.69) is 9.97 Å². The van der Waals surface area contributed by atoms with Crippen molar-refractivity contribution in [2.45, 2.75) is 26.8 Å². The number of hydrogen-bond donors (Lipinski definition) is 0. The maximum Gasteiger partial charge on any atom is 0.200 e. The van der Waals surface area contributed by atoms with Crippen LogP contribution < -0.4 is 19.6 Å². The van der Waals surface area contributed by atoms with E-state index in [1.807, 2.05) is 18.4 Å². The van der Waals surface area contributed by atoms with E-state index < -0.39 is 11.2 Å². The largest absolute Gasteiger partial charge is 0.493 e. The Morgan fingerprint density at radius 3 is 2.33 bits per heavy atom. The van der Waals surface area contributed by atoms with Crippen LogP contribution in [0.1, 0.15) is 29.9 Å². The normalized spacial score (nSPS) is 11.1. The lowest BCUT2D eigenvalue weighted by Crippen LogP contribution is -2.22. The average Bonchev–Trinajstić information content (AvgIpc) is 2.98. The number of hydrogen-bond acceptors (Lipinski definition) is 7. The van der Waals surface area contributed by atoms with Crippen molar-refractivity contribution < 1.29 is 23.4 Å². The van der Waals surface area contributed by atoms with Gasteiger partial charge in [0.25, 0.3) is 0 Å². The maximum atomic E-state index is 13.5. The minimum atomic E-state index is -0.400. The number of halogens is 1. The lowest BCUT2D eigenvalue weighted by Gasteiger charge is -2.14. The fourth-order valence-electron chi connectivity index (χ4n) is 4.69. The molecule has 42 heavy (non-hydrogen) atoms. The van der Waals surface area contributed by atoms with E-state index in [-0.39, 0.29) is 23.7 Å². The molecule has 0 spiro atoms. The summed E-state index contributed by atoms with van der Waals surface area (Å²) < 4.78 is 32.2. The van der Waals surface area contributed by atoms with E-state index >= 15 is 0 Å². The molecule has 0 N–H and O–H groups in total. The van der Waals surface area contributed by atoms with Crippen LogP contribution in [-0.2, 0) is 13.0 Å². The lowest BCUT2D eigenvalue weighted by molar-refractivity contribution is 0.0990. The molecule has 0 bridgehead atoms. The molecule has 0 unspecified atom stereocenters. The Balaban J connectivity index is 1.39. The van der Waals surface area contributed by atoms with Crippen molar-refractivity contribution in [1.82, 2.24) is 14.5 Å². The van der Waals surface area contributed by atoms with Gasteiger partial charge in [-0.3, -0.25) is 19.6 Å². The second-order valence-corrected chi connectivity index (χ2v) is 10.2. The molecule has 0 radical (unpaired) electrons. The van der Waals surface area contributed by atoms with E-state index in [1.54, 1.807) is 75.3 Å². The molecule has 5 aromatic rings. The van der Waals surface area contributed by atoms with Crippen molar-refractivity contribution in [2.75, 3.05) is 14.2 Å². The molecule has 9 heteroatoms. The molecule has 0 atom stereocenters. The van der Waals surface area contributed by atoms with Crippen LogP contribution in [0.25, 0.3) is 22.0 Å². The molecular weight excluding hydrogens is 537 g/mol. The predicted molar refractivity (Wildman–Crippen MR) is 158 cm³/mol. The Labute approximate surface area is 242 Å².